The zero-order valence-electron chi connectivity index (χ0n) is 13.8. The van der Waals surface area contributed by atoms with Crippen LogP contribution in [-0.2, 0) is 9.59 Å². The average molecular weight is 302 g/mol. The van der Waals surface area contributed by atoms with Crippen LogP contribution in [0.3, 0.4) is 0 Å². The first-order valence-electron chi connectivity index (χ1n) is 8.23. The van der Waals surface area contributed by atoms with E-state index in [4.69, 9.17) is 0 Å². The highest BCUT2D eigenvalue weighted by Gasteiger charge is 2.36. The predicted molar refractivity (Wildman–Crippen MR) is 88.8 cm³/mol. The fourth-order valence-electron chi connectivity index (χ4n) is 3.03. The van der Waals surface area contributed by atoms with E-state index in [0.717, 1.165) is 30.6 Å². The quantitative estimate of drug-likeness (QED) is 0.810. The van der Waals surface area contributed by atoms with Gasteiger partial charge >= 0.3 is 0 Å². The summed E-state index contributed by atoms with van der Waals surface area (Å²) < 4.78 is 0. The topological polar surface area (TPSA) is 40.6 Å². The Bertz CT molecular complexity index is 542. The monoisotopic (exact) mass is 302 g/mol. The van der Waals surface area contributed by atoms with Crippen molar-refractivity contribution < 1.29 is 9.59 Å². The molecule has 0 radical (unpaired) electrons. The SMILES string of the molecule is CCCCN1CC(C(=O)N(CC)c2ccccc2C)CC1=O. The zero-order chi connectivity index (χ0) is 16.1. The molecule has 0 aromatic heterocycles. The summed E-state index contributed by atoms with van der Waals surface area (Å²) in [6.07, 6.45) is 2.42. The largest absolute Gasteiger partial charge is 0.342 e. The van der Waals surface area contributed by atoms with Gasteiger partial charge in [-0.1, -0.05) is 31.5 Å². The molecule has 1 aliphatic rings. The second-order valence-corrected chi connectivity index (χ2v) is 5.96. The van der Waals surface area contributed by atoms with E-state index in [1.54, 1.807) is 0 Å². The second-order valence-electron chi connectivity index (χ2n) is 5.96. The third kappa shape index (κ3) is 3.49. The fourth-order valence-corrected chi connectivity index (χ4v) is 3.03. The molecule has 1 aliphatic heterocycles. The maximum absolute atomic E-state index is 12.8. The summed E-state index contributed by atoms with van der Waals surface area (Å²) in [7, 11) is 0. The van der Waals surface area contributed by atoms with Gasteiger partial charge in [0.15, 0.2) is 0 Å². The molecule has 0 N–H and O–H groups in total. The average Bonchev–Trinajstić information content (AvgIpc) is 2.88. The molecular formula is C18H26N2O2. The number of carbonyl (C=O) groups is 2. The number of unbranched alkanes of at least 4 members (excludes halogenated alkanes) is 1. The Morgan fingerprint density at radius 2 is 2.05 bits per heavy atom. The molecule has 1 unspecified atom stereocenters. The van der Waals surface area contributed by atoms with E-state index >= 15 is 0 Å². The molecule has 0 spiro atoms. The second kappa shape index (κ2) is 7.43. The summed E-state index contributed by atoms with van der Waals surface area (Å²) >= 11 is 0. The Kier molecular flexibility index (Phi) is 5.58. The Morgan fingerprint density at radius 3 is 2.68 bits per heavy atom. The van der Waals surface area contributed by atoms with Gasteiger partial charge in [0.05, 0.1) is 5.92 Å². The fraction of sp³-hybridized carbons (Fsp3) is 0.556. The first-order chi connectivity index (χ1) is 10.6. The lowest BCUT2D eigenvalue weighted by atomic mass is 10.1. The lowest BCUT2D eigenvalue weighted by Gasteiger charge is -2.26. The summed E-state index contributed by atoms with van der Waals surface area (Å²) in [5.74, 6) is -0.0132. The van der Waals surface area contributed by atoms with E-state index in [-0.39, 0.29) is 17.7 Å². The van der Waals surface area contributed by atoms with Crippen LogP contribution >= 0.6 is 0 Å². The van der Waals surface area contributed by atoms with Gasteiger partial charge in [0.2, 0.25) is 11.8 Å². The van der Waals surface area contributed by atoms with Crippen LogP contribution in [0.25, 0.3) is 0 Å². The van der Waals surface area contributed by atoms with Crippen LogP contribution in [0.2, 0.25) is 0 Å². The summed E-state index contributed by atoms with van der Waals surface area (Å²) in [5.41, 5.74) is 2.04. The van der Waals surface area contributed by atoms with E-state index in [2.05, 4.69) is 6.92 Å². The van der Waals surface area contributed by atoms with Gasteiger partial charge in [-0.2, -0.15) is 0 Å². The predicted octanol–water partition coefficient (Wildman–Crippen LogP) is 3.00. The van der Waals surface area contributed by atoms with E-state index in [1.165, 1.54) is 0 Å². The Hall–Kier alpha value is -1.84. The normalized spacial score (nSPS) is 17.9. The number of amides is 2. The third-order valence-electron chi connectivity index (χ3n) is 4.33. The molecule has 120 valence electrons. The van der Waals surface area contributed by atoms with Crippen molar-refractivity contribution >= 4 is 17.5 Å². The number of hydrogen-bond donors (Lipinski definition) is 0. The van der Waals surface area contributed by atoms with Crippen LogP contribution in [0.15, 0.2) is 24.3 Å². The number of rotatable bonds is 6. The summed E-state index contributed by atoms with van der Waals surface area (Å²) in [5, 5.41) is 0. The van der Waals surface area contributed by atoms with Crippen LogP contribution in [0, 0.1) is 12.8 Å². The van der Waals surface area contributed by atoms with Crippen LogP contribution in [0.5, 0.6) is 0 Å². The molecule has 1 fully saturated rings. The maximum Gasteiger partial charge on any atom is 0.232 e. The number of nitrogens with zero attached hydrogens (tertiary/aromatic N) is 2. The van der Waals surface area contributed by atoms with Gasteiger partial charge < -0.3 is 9.80 Å². The van der Waals surface area contributed by atoms with E-state index in [1.807, 2.05) is 47.9 Å². The van der Waals surface area contributed by atoms with Crippen LogP contribution < -0.4 is 4.90 Å². The minimum absolute atomic E-state index is 0.0733. The molecule has 4 heteroatoms. The first-order valence-corrected chi connectivity index (χ1v) is 8.23. The highest BCUT2D eigenvalue weighted by molar-refractivity contribution is 5.99. The van der Waals surface area contributed by atoms with Gasteiger partial charge in [-0.05, 0) is 31.9 Å². The number of likely N-dealkylation sites (tertiary alicyclic amines) is 1. The van der Waals surface area contributed by atoms with Gasteiger partial charge in [0.25, 0.3) is 0 Å². The first kappa shape index (κ1) is 16.5. The molecule has 0 bridgehead atoms. The third-order valence-corrected chi connectivity index (χ3v) is 4.33. The highest BCUT2D eigenvalue weighted by Crippen LogP contribution is 2.26. The summed E-state index contributed by atoms with van der Waals surface area (Å²) in [4.78, 5) is 28.6. The van der Waals surface area contributed by atoms with Gasteiger partial charge in [-0.15, -0.1) is 0 Å². The van der Waals surface area contributed by atoms with Crippen molar-refractivity contribution in [1.82, 2.24) is 4.90 Å². The van der Waals surface area contributed by atoms with Crippen LogP contribution in [-0.4, -0.2) is 36.3 Å². The highest BCUT2D eigenvalue weighted by atomic mass is 16.2. The van der Waals surface area contributed by atoms with E-state index in [0.29, 0.717) is 19.5 Å². The van der Waals surface area contributed by atoms with Crippen molar-refractivity contribution in [1.29, 1.82) is 0 Å². The minimum Gasteiger partial charge on any atom is -0.342 e. The molecule has 1 atom stereocenters. The number of anilines is 1. The van der Waals surface area contributed by atoms with Crippen molar-refractivity contribution in [3.63, 3.8) is 0 Å². The molecule has 4 nitrogen and oxygen atoms in total. The molecule has 1 heterocycles. The molecule has 1 aromatic rings. The van der Waals surface area contributed by atoms with Crippen LogP contribution in [0.4, 0.5) is 5.69 Å². The molecular weight excluding hydrogens is 276 g/mol. The number of carbonyl (C=O) groups excluding carboxylic acids is 2. The summed E-state index contributed by atoms with van der Waals surface area (Å²) in [6, 6.07) is 7.91. The number of benzene rings is 1. The molecule has 0 aliphatic carbocycles. The zero-order valence-corrected chi connectivity index (χ0v) is 13.8. The molecule has 1 aromatic carbocycles. The molecule has 0 saturated carbocycles. The number of hydrogen-bond acceptors (Lipinski definition) is 2. The van der Waals surface area contributed by atoms with Gasteiger partial charge in [0.1, 0.15) is 0 Å². The summed E-state index contributed by atoms with van der Waals surface area (Å²) in [6.45, 7) is 8.08. The van der Waals surface area contributed by atoms with Crippen LogP contribution in [0.1, 0.15) is 38.7 Å². The molecule has 1 saturated heterocycles. The molecule has 2 amide bonds. The van der Waals surface area contributed by atoms with E-state index in [9.17, 15) is 9.59 Å². The number of para-hydroxylation sites is 1. The minimum atomic E-state index is -0.205. The number of aryl methyl sites for hydroxylation is 1. The van der Waals surface area contributed by atoms with Crippen molar-refractivity contribution in [3.8, 4) is 0 Å². The standard InChI is InChI=1S/C18H26N2O2/c1-4-6-11-19-13-15(12-17(19)21)18(22)20(5-2)16-10-8-7-9-14(16)3/h7-10,15H,4-6,11-13H2,1-3H3. The Labute approximate surface area is 133 Å². The van der Waals surface area contributed by atoms with Crippen molar-refractivity contribution in [2.45, 2.75) is 40.0 Å². The lowest BCUT2D eigenvalue weighted by molar-refractivity contribution is -0.128. The Morgan fingerprint density at radius 1 is 1.32 bits per heavy atom. The van der Waals surface area contributed by atoms with Crippen molar-refractivity contribution in [2.75, 3.05) is 24.5 Å². The molecule has 22 heavy (non-hydrogen) atoms. The van der Waals surface area contributed by atoms with Gasteiger partial charge in [-0.25, -0.2) is 0 Å². The lowest BCUT2D eigenvalue weighted by Crippen LogP contribution is -2.38. The van der Waals surface area contributed by atoms with E-state index < -0.39 is 0 Å². The maximum atomic E-state index is 12.8. The van der Waals surface area contributed by atoms with Gasteiger partial charge in [-0.3, -0.25) is 9.59 Å². The van der Waals surface area contributed by atoms with Gasteiger partial charge in [0, 0.05) is 31.7 Å². The Balaban J connectivity index is 2.10. The smallest absolute Gasteiger partial charge is 0.232 e. The van der Waals surface area contributed by atoms with Crippen molar-refractivity contribution in [3.05, 3.63) is 29.8 Å². The van der Waals surface area contributed by atoms with Crippen molar-refractivity contribution in [2.24, 2.45) is 5.92 Å². The molecule has 2 rings (SSSR count).